The van der Waals surface area contributed by atoms with Gasteiger partial charge in [-0.3, -0.25) is 4.98 Å². The number of imidazole rings is 1. The Hall–Kier alpha value is -3.14. The molecule has 0 unspecified atom stereocenters. The SMILES string of the molecule is Cc1ccc2c(c1)oc1c(-c3nc4ccncc4[nH]3)cccc12. The van der Waals surface area contributed by atoms with Gasteiger partial charge in [0.25, 0.3) is 0 Å². The molecular formula is C19H13N3O. The second-order valence-electron chi connectivity index (χ2n) is 5.76. The molecule has 0 fully saturated rings. The van der Waals surface area contributed by atoms with E-state index in [0.29, 0.717) is 0 Å². The summed E-state index contributed by atoms with van der Waals surface area (Å²) in [4.78, 5) is 12.1. The summed E-state index contributed by atoms with van der Waals surface area (Å²) in [6.45, 7) is 2.07. The van der Waals surface area contributed by atoms with Crippen molar-refractivity contribution in [3.05, 3.63) is 60.4 Å². The van der Waals surface area contributed by atoms with Gasteiger partial charge in [-0.15, -0.1) is 0 Å². The molecule has 110 valence electrons. The van der Waals surface area contributed by atoms with Crippen molar-refractivity contribution in [2.75, 3.05) is 0 Å². The summed E-state index contributed by atoms with van der Waals surface area (Å²) in [5.74, 6) is 0.800. The first kappa shape index (κ1) is 12.4. The lowest BCUT2D eigenvalue weighted by Crippen LogP contribution is -1.80. The summed E-state index contributed by atoms with van der Waals surface area (Å²) in [7, 11) is 0. The molecule has 1 N–H and O–H groups in total. The highest BCUT2D eigenvalue weighted by Gasteiger charge is 2.14. The maximum atomic E-state index is 6.14. The molecule has 0 saturated carbocycles. The Kier molecular flexibility index (Phi) is 2.39. The molecule has 3 heterocycles. The van der Waals surface area contributed by atoms with Gasteiger partial charge in [-0.2, -0.15) is 0 Å². The van der Waals surface area contributed by atoms with Gasteiger partial charge in [0.05, 0.1) is 22.8 Å². The molecule has 0 aliphatic rings. The number of para-hydroxylation sites is 1. The van der Waals surface area contributed by atoms with E-state index in [1.54, 1.807) is 12.4 Å². The number of nitrogens with zero attached hydrogens (tertiary/aromatic N) is 2. The molecule has 4 nitrogen and oxygen atoms in total. The normalized spacial score (nSPS) is 11.7. The average Bonchev–Trinajstić information content (AvgIpc) is 3.14. The molecule has 3 aromatic heterocycles. The van der Waals surface area contributed by atoms with E-state index in [1.807, 2.05) is 18.2 Å². The molecule has 23 heavy (non-hydrogen) atoms. The number of rotatable bonds is 1. The van der Waals surface area contributed by atoms with Crippen LogP contribution >= 0.6 is 0 Å². The number of aryl methyl sites for hydroxylation is 1. The highest BCUT2D eigenvalue weighted by Crippen LogP contribution is 2.35. The van der Waals surface area contributed by atoms with Crippen molar-refractivity contribution >= 4 is 33.0 Å². The topological polar surface area (TPSA) is 54.7 Å². The van der Waals surface area contributed by atoms with Crippen LogP contribution in [0.25, 0.3) is 44.4 Å². The smallest absolute Gasteiger partial charge is 0.146 e. The van der Waals surface area contributed by atoms with Gasteiger partial charge in [0.2, 0.25) is 0 Å². The minimum Gasteiger partial charge on any atom is -0.455 e. The Morgan fingerprint density at radius 2 is 2.00 bits per heavy atom. The van der Waals surface area contributed by atoms with Gasteiger partial charge in [-0.05, 0) is 30.7 Å². The first-order valence-corrected chi connectivity index (χ1v) is 7.51. The number of aromatic amines is 1. The van der Waals surface area contributed by atoms with Crippen molar-refractivity contribution in [2.45, 2.75) is 6.92 Å². The van der Waals surface area contributed by atoms with E-state index in [1.165, 1.54) is 5.56 Å². The number of H-pyrrole nitrogens is 1. The van der Waals surface area contributed by atoms with Gasteiger partial charge in [0.1, 0.15) is 17.0 Å². The molecule has 0 bridgehead atoms. The zero-order chi connectivity index (χ0) is 15.4. The van der Waals surface area contributed by atoms with Crippen LogP contribution in [0, 0.1) is 6.92 Å². The minimum atomic E-state index is 0.800. The van der Waals surface area contributed by atoms with Gasteiger partial charge in [-0.1, -0.05) is 24.3 Å². The summed E-state index contributed by atoms with van der Waals surface area (Å²) in [5.41, 5.74) is 5.75. The lowest BCUT2D eigenvalue weighted by atomic mass is 10.1. The molecule has 2 aromatic carbocycles. The van der Waals surface area contributed by atoms with Gasteiger partial charge in [0, 0.05) is 17.0 Å². The summed E-state index contributed by atoms with van der Waals surface area (Å²) < 4.78 is 6.14. The largest absolute Gasteiger partial charge is 0.455 e. The lowest BCUT2D eigenvalue weighted by Gasteiger charge is -1.97. The molecule has 5 aromatic rings. The van der Waals surface area contributed by atoms with E-state index in [-0.39, 0.29) is 0 Å². The van der Waals surface area contributed by atoms with Crippen LogP contribution in [0.15, 0.2) is 59.3 Å². The van der Waals surface area contributed by atoms with Gasteiger partial charge in [0.15, 0.2) is 0 Å². The average molecular weight is 299 g/mol. The fourth-order valence-corrected chi connectivity index (χ4v) is 3.08. The third-order valence-corrected chi connectivity index (χ3v) is 4.19. The fourth-order valence-electron chi connectivity index (χ4n) is 3.08. The van der Waals surface area contributed by atoms with E-state index >= 15 is 0 Å². The van der Waals surface area contributed by atoms with Crippen molar-refractivity contribution < 1.29 is 4.42 Å². The Morgan fingerprint density at radius 3 is 2.91 bits per heavy atom. The number of hydrogen-bond donors (Lipinski definition) is 1. The molecule has 0 aliphatic carbocycles. The van der Waals surface area contributed by atoms with Crippen LogP contribution in [0.5, 0.6) is 0 Å². The van der Waals surface area contributed by atoms with Crippen LogP contribution in [0.2, 0.25) is 0 Å². The molecule has 0 spiro atoms. The van der Waals surface area contributed by atoms with Crippen LogP contribution in [0.3, 0.4) is 0 Å². The van der Waals surface area contributed by atoms with Crippen LogP contribution in [-0.2, 0) is 0 Å². The second-order valence-corrected chi connectivity index (χ2v) is 5.76. The third kappa shape index (κ3) is 1.78. The lowest BCUT2D eigenvalue weighted by molar-refractivity contribution is 0.669. The number of pyridine rings is 1. The van der Waals surface area contributed by atoms with E-state index in [4.69, 9.17) is 4.42 Å². The highest BCUT2D eigenvalue weighted by molar-refractivity contribution is 6.09. The quantitative estimate of drug-likeness (QED) is 0.482. The number of furan rings is 1. The Balaban J connectivity index is 1.85. The first-order chi connectivity index (χ1) is 11.3. The van der Waals surface area contributed by atoms with Crippen LogP contribution in [-0.4, -0.2) is 15.0 Å². The molecule has 0 radical (unpaired) electrons. The van der Waals surface area contributed by atoms with E-state index in [0.717, 1.165) is 44.4 Å². The standard InChI is InChI=1S/C19H13N3O/c1-11-5-6-12-13-3-2-4-14(18(13)23-17(12)9-11)19-21-15-7-8-20-10-16(15)22-19/h2-10H,1H3,(H,21,22). The van der Waals surface area contributed by atoms with Crippen LogP contribution < -0.4 is 0 Å². The van der Waals surface area contributed by atoms with Gasteiger partial charge < -0.3 is 9.40 Å². The number of benzene rings is 2. The van der Waals surface area contributed by atoms with Crippen molar-refractivity contribution in [1.82, 2.24) is 15.0 Å². The van der Waals surface area contributed by atoms with E-state index in [9.17, 15) is 0 Å². The molecule has 5 rings (SSSR count). The van der Waals surface area contributed by atoms with Gasteiger partial charge in [-0.25, -0.2) is 4.98 Å². The highest BCUT2D eigenvalue weighted by atomic mass is 16.3. The first-order valence-electron chi connectivity index (χ1n) is 7.51. The Morgan fingerprint density at radius 1 is 1.04 bits per heavy atom. The third-order valence-electron chi connectivity index (χ3n) is 4.19. The minimum absolute atomic E-state index is 0.800. The van der Waals surface area contributed by atoms with E-state index in [2.05, 4.69) is 46.1 Å². The second kappa shape index (κ2) is 4.43. The van der Waals surface area contributed by atoms with E-state index < -0.39 is 0 Å². The summed E-state index contributed by atoms with van der Waals surface area (Å²) in [6.07, 6.45) is 3.53. The Labute approximate surface area is 131 Å². The molecule has 0 amide bonds. The fraction of sp³-hybridized carbons (Fsp3) is 0.0526. The summed E-state index contributed by atoms with van der Waals surface area (Å²) in [6, 6.07) is 14.4. The number of hydrogen-bond acceptors (Lipinski definition) is 3. The van der Waals surface area contributed by atoms with Crippen molar-refractivity contribution in [2.24, 2.45) is 0 Å². The maximum Gasteiger partial charge on any atom is 0.146 e. The number of fused-ring (bicyclic) bond motifs is 4. The molecular weight excluding hydrogens is 286 g/mol. The predicted molar refractivity (Wildman–Crippen MR) is 91.3 cm³/mol. The Bertz CT molecular complexity index is 1150. The molecule has 0 saturated heterocycles. The zero-order valence-corrected chi connectivity index (χ0v) is 12.5. The number of nitrogens with one attached hydrogen (secondary N) is 1. The van der Waals surface area contributed by atoms with Crippen molar-refractivity contribution in [1.29, 1.82) is 0 Å². The van der Waals surface area contributed by atoms with Crippen molar-refractivity contribution in [3.8, 4) is 11.4 Å². The molecule has 0 atom stereocenters. The van der Waals surface area contributed by atoms with Crippen molar-refractivity contribution in [3.63, 3.8) is 0 Å². The monoisotopic (exact) mass is 299 g/mol. The van der Waals surface area contributed by atoms with Crippen LogP contribution in [0.4, 0.5) is 0 Å². The molecule has 0 aliphatic heterocycles. The predicted octanol–water partition coefficient (Wildman–Crippen LogP) is 4.83. The zero-order valence-electron chi connectivity index (χ0n) is 12.5. The number of aromatic nitrogens is 3. The van der Waals surface area contributed by atoms with Crippen LogP contribution in [0.1, 0.15) is 5.56 Å². The maximum absolute atomic E-state index is 6.14. The summed E-state index contributed by atoms with van der Waals surface area (Å²) in [5, 5.41) is 2.24. The molecule has 4 heteroatoms. The summed E-state index contributed by atoms with van der Waals surface area (Å²) >= 11 is 0. The van der Waals surface area contributed by atoms with Gasteiger partial charge >= 0.3 is 0 Å².